The number of alkyl halides is 1. The minimum Gasteiger partial charge on any atom is -0.454 e. The van der Waals surface area contributed by atoms with Gasteiger partial charge in [-0.3, -0.25) is 0 Å². The lowest BCUT2D eigenvalue weighted by Crippen LogP contribution is -1.90. The van der Waals surface area contributed by atoms with Gasteiger partial charge in [0.1, 0.15) is 5.75 Å². The van der Waals surface area contributed by atoms with Crippen molar-refractivity contribution in [2.75, 3.05) is 0 Å². The maximum atomic E-state index is 13.6. The molecule has 0 saturated carbocycles. The highest BCUT2D eigenvalue weighted by atomic mass is 79.9. The zero-order valence-electron chi connectivity index (χ0n) is 8.79. The Kier molecular flexibility index (Phi) is 4.02. The summed E-state index contributed by atoms with van der Waals surface area (Å²) >= 11 is 8.94. The summed E-state index contributed by atoms with van der Waals surface area (Å²) in [6.45, 7) is 0. The second-order valence-corrected chi connectivity index (χ2v) is 4.64. The second-order valence-electron chi connectivity index (χ2n) is 3.46. The molecule has 0 N–H and O–H groups in total. The molecule has 0 bridgehead atoms. The van der Waals surface area contributed by atoms with Gasteiger partial charge in [-0.15, -0.1) is 11.6 Å². The van der Waals surface area contributed by atoms with Gasteiger partial charge in [0.2, 0.25) is 0 Å². The Hall–Kier alpha value is -1.06. The Balaban J connectivity index is 2.24. The maximum Gasteiger partial charge on any atom is 0.166 e. The summed E-state index contributed by atoms with van der Waals surface area (Å²) in [6.07, 6.45) is 0. The molecule has 0 aliphatic heterocycles. The number of ether oxygens (including phenoxy) is 1. The predicted molar refractivity (Wildman–Crippen MR) is 70.2 cm³/mol. The SMILES string of the molecule is Fc1cc(CCl)ccc1Oc1cccc(Br)c1. The minimum atomic E-state index is -0.414. The lowest BCUT2D eigenvalue weighted by Gasteiger charge is -2.07. The molecule has 1 nitrogen and oxygen atoms in total. The van der Waals surface area contributed by atoms with Gasteiger partial charge in [-0.25, -0.2) is 4.39 Å². The lowest BCUT2D eigenvalue weighted by molar-refractivity contribution is 0.441. The lowest BCUT2D eigenvalue weighted by atomic mass is 10.2. The zero-order valence-corrected chi connectivity index (χ0v) is 11.1. The van der Waals surface area contributed by atoms with E-state index in [0.717, 1.165) is 10.0 Å². The fourth-order valence-electron chi connectivity index (χ4n) is 1.37. The van der Waals surface area contributed by atoms with Gasteiger partial charge in [0.05, 0.1) is 0 Å². The van der Waals surface area contributed by atoms with Crippen molar-refractivity contribution in [3.63, 3.8) is 0 Å². The molecule has 0 radical (unpaired) electrons. The normalized spacial score (nSPS) is 10.3. The van der Waals surface area contributed by atoms with Crippen molar-refractivity contribution >= 4 is 27.5 Å². The highest BCUT2D eigenvalue weighted by Gasteiger charge is 2.06. The molecule has 0 aliphatic rings. The summed E-state index contributed by atoms with van der Waals surface area (Å²) in [5.41, 5.74) is 0.728. The Labute approximate surface area is 112 Å². The van der Waals surface area contributed by atoms with Crippen LogP contribution in [-0.4, -0.2) is 0 Å². The summed E-state index contributed by atoms with van der Waals surface area (Å²) in [6, 6.07) is 11.9. The van der Waals surface area contributed by atoms with Crippen LogP contribution in [0.3, 0.4) is 0 Å². The zero-order chi connectivity index (χ0) is 12.3. The first kappa shape index (κ1) is 12.4. The van der Waals surface area contributed by atoms with Gasteiger partial charge in [0.25, 0.3) is 0 Å². The van der Waals surface area contributed by atoms with E-state index < -0.39 is 5.82 Å². The van der Waals surface area contributed by atoms with E-state index in [9.17, 15) is 4.39 Å². The standard InChI is InChI=1S/C13H9BrClFO/c14-10-2-1-3-11(7-10)17-13-5-4-9(8-15)6-12(13)16/h1-7H,8H2. The Morgan fingerprint density at radius 1 is 1.18 bits per heavy atom. The monoisotopic (exact) mass is 314 g/mol. The van der Waals surface area contributed by atoms with E-state index in [-0.39, 0.29) is 11.6 Å². The quantitative estimate of drug-likeness (QED) is 0.714. The predicted octanol–water partition coefficient (Wildman–Crippen LogP) is 5.12. The van der Waals surface area contributed by atoms with Crippen LogP contribution in [0, 0.1) is 5.82 Å². The minimum absolute atomic E-state index is 0.192. The highest BCUT2D eigenvalue weighted by Crippen LogP contribution is 2.27. The van der Waals surface area contributed by atoms with Crippen molar-refractivity contribution in [2.45, 2.75) is 5.88 Å². The smallest absolute Gasteiger partial charge is 0.166 e. The van der Waals surface area contributed by atoms with Crippen LogP contribution in [0.15, 0.2) is 46.9 Å². The van der Waals surface area contributed by atoms with Crippen molar-refractivity contribution in [1.82, 2.24) is 0 Å². The largest absolute Gasteiger partial charge is 0.454 e. The van der Waals surface area contributed by atoms with E-state index >= 15 is 0 Å². The molecule has 2 rings (SSSR count). The van der Waals surface area contributed by atoms with Crippen LogP contribution >= 0.6 is 27.5 Å². The summed E-state index contributed by atoms with van der Waals surface area (Å²) in [5, 5.41) is 0. The van der Waals surface area contributed by atoms with Crippen molar-refractivity contribution in [3.05, 3.63) is 58.3 Å². The van der Waals surface area contributed by atoms with Crippen LogP contribution in [0.2, 0.25) is 0 Å². The van der Waals surface area contributed by atoms with Crippen molar-refractivity contribution in [1.29, 1.82) is 0 Å². The molecule has 0 saturated heterocycles. The van der Waals surface area contributed by atoms with E-state index in [0.29, 0.717) is 5.75 Å². The van der Waals surface area contributed by atoms with Gasteiger partial charge < -0.3 is 4.74 Å². The van der Waals surface area contributed by atoms with E-state index in [4.69, 9.17) is 16.3 Å². The van der Waals surface area contributed by atoms with Crippen LogP contribution in [0.1, 0.15) is 5.56 Å². The molecule has 0 atom stereocenters. The molecule has 0 unspecified atom stereocenters. The molecule has 0 aliphatic carbocycles. The first-order chi connectivity index (χ1) is 8.19. The Morgan fingerprint density at radius 2 is 2.00 bits per heavy atom. The molecule has 88 valence electrons. The molecule has 4 heteroatoms. The summed E-state index contributed by atoms with van der Waals surface area (Å²) in [5.74, 6) is 0.644. The average Bonchev–Trinajstić information content (AvgIpc) is 2.32. The number of halogens is 3. The number of hydrogen-bond donors (Lipinski definition) is 0. The topological polar surface area (TPSA) is 9.23 Å². The van der Waals surface area contributed by atoms with E-state index in [2.05, 4.69) is 15.9 Å². The number of hydrogen-bond acceptors (Lipinski definition) is 1. The highest BCUT2D eigenvalue weighted by molar-refractivity contribution is 9.10. The first-order valence-electron chi connectivity index (χ1n) is 4.97. The maximum absolute atomic E-state index is 13.6. The van der Waals surface area contributed by atoms with Crippen LogP contribution < -0.4 is 4.74 Å². The van der Waals surface area contributed by atoms with Crippen LogP contribution in [0.4, 0.5) is 4.39 Å². The van der Waals surface area contributed by atoms with E-state index in [1.807, 2.05) is 12.1 Å². The third-order valence-electron chi connectivity index (χ3n) is 2.17. The van der Waals surface area contributed by atoms with Gasteiger partial charge in [0.15, 0.2) is 11.6 Å². The molecule has 0 fully saturated rings. The second kappa shape index (κ2) is 5.52. The molecule has 2 aromatic carbocycles. The molecule has 0 amide bonds. The van der Waals surface area contributed by atoms with Crippen LogP contribution in [0.5, 0.6) is 11.5 Å². The molecule has 2 aromatic rings. The molecular weight excluding hydrogens is 306 g/mol. The molecule has 0 spiro atoms. The third-order valence-corrected chi connectivity index (χ3v) is 2.98. The molecule has 17 heavy (non-hydrogen) atoms. The van der Waals surface area contributed by atoms with Gasteiger partial charge >= 0.3 is 0 Å². The van der Waals surface area contributed by atoms with Crippen molar-refractivity contribution in [3.8, 4) is 11.5 Å². The molecule has 0 heterocycles. The summed E-state index contributed by atoms with van der Waals surface area (Å²) in [7, 11) is 0. The first-order valence-corrected chi connectivity index (χ1v) is 6.29. The average molecular weight is 316 g/mol. The van der Waals surface area contributed by atoms with Gasteiger partial charge in [-0.2, -0.15) is 0 Å². The summed E-state index contributed by atoms with van der Waals surface area (Å²) in [4.78, 5) is 0. The van der Waals surface area contributed by atoms with Crippen LogP contribution in [0.25, 0.3) is 0 Å². The third kappa shape index (κ3) is 3.20. The molecular formula is C13H9BrClFO. The number of benzene rings is 2. The fraction of sp³-hybridized carbons (Fsp3) is 0.0769. The van der Waals surface area contributed by atoms with E-state index in [1.165, 1.54) is 6.07 Å². The van der Waals surface area contributed by atoms with Gasteiger partial charge in [0, 0.05) is 10.4 Å². The van der Waals surface area contributed by atoms with Crippen molar-refractivity contribution < 1.29 is 9.13 Å². The molecule has 0 aromatic heterocycles. The Morgan fingerprint density at radius 3 is 2.65 bits per heavy atom. The van der Waals surface area contributed by atoms with Crippen molar-refractivity contribution in [2.24, 2.45) is 0 Å². The summed E-state index contributed by atoms with van der Waals surface area (Å²) < 4.78 is 20.0. The van der Waals surface area contributed by atoms with Gasteiger partial charge in [-0.05, 0) is 35.9 Å². The van der Waals surface area contributed by atoms with E-state index in [1.54, 1.807) is 24.3 Å². The van der Waals surface area contributed by atoms with Gasteiger partial charge in [-0.1, -0.05) is 28.1 Å². The fourth-order valence-corrected chi connectivity index (χ4v) is 1.91. The van der Waals surface area contributed by atoms with Crippen LogP contribution in [-0.2, 0) is 5.88 Å². The number of rotatable bonds is 3. The Bertz CT molecular complexity index is 531.